The molecule has 74 valence electrons. The molecule has 0 aliphatic carbocycles. The van der Waals surface area contributed by atoms with Crippen LogP contribution < -0.4 is 29.6 Å². The first-order valence-electron chi connectivity index (χ1n) is 4.81. The third-order valence-electron chi connectivity index (χ3n) is 2.60. The number of para-hydroxylation sites is 1. The standard InChI is InChI=1S/C13H9O2.Na/c14-8-9-4-3-6-11-10-5-1-2-7-12(10)15-13(9)11;/h1,3-7,14H,8H2;/q-1;+1. The Balaban J connectivity index is 0.000000963. The van der Waals surface area contributed by atoms with Gasteiger partial charge in [0.1, 0.15) is 5.58 Å². The van der Waals surface area contributed by atoms with Crippen molar-refractivity contribution in [3.8, 4) is 0 Å². The van der Waals surface area contributed by atoms with Crippen molar-refractivity contribution in [2.45, 2.75) is 6.61 Å². The summed E-state index contributed by atoms with van der Waals surface area (Å²) in [4.78, 5) is 0. The van der Waals surface area contributed by atoms with Gasteiger partial charge in [0.2, 0.25) is 0 Å². The molecule has 0 saturated carbocycles. The summed E-state index contributed by atoms with van der Waals surface area (Å²) in [6.45, 7) is 0.000869. The third-order valence-corrected chi connectivity index (χ3v) is 2.60. The van der Waals surface area contributed by atoms with Crippen molar-refractivity contribution in [2.24, 2.45) is 0 Å². The number of furan rings is 1. The molecule has 3 rings (SSSR count). The summed E-state index contributed by atoms with van der Waals surface area (Å²) in [5.41, 5.74) is 2.41. The predicted molar refractivity (Wildman–Crippen MR) is 58.5 cm³/mol. The summed E-state index contributed by atoms with van der Waals surface area (Å²) < 4.78 is 5.68. The average Bonchev–Trinajstić information content (AvgIpc) is 2.67. The molecule has 0 radical (unpaired) electrons. The fourth-order valence-corrected chi connectivity index (χ4v) is 1.87. The summed E-state index contributed by atoms with van der Waals surface area (Å²) in [7, 11) is 0. The van der Waals surface area contributed by atoms with Gasteiger partial charge >= 0.3 is 29.6 Å². The van der Waals surface area contributed by atoms with Crippen LogP contribution in [0.3, 0.4) is 0 Å². The Morgan fingerprint density at radius 3 is 2.88 bits per heavy atom. The van der Waals surface area contributed by atoms with E-state index in [1.165, 1.54) is 0 Å². The Morgan fingerprint density at radius 1 is 1.19 bits per heavy atom. The van der Waals surface area contributed by atoms with Crippen LogP contribution in [0.1, 0.15) is 5.56 Å². The zero-order valence-corrected chi connectivity index (χ0v) is 11.0. The monoisotopic (exact) mass is 220 g/mol. The number of hydrogen-bond donors (Lipinski definition) is 1. The Bertz CT molecular complexity index is 628. The molecule has 1 heterocycles. The molecule has 0 aliphatic rings. The molecule has 0 bridgehead atoms. The van der Waals surface area contributed by atoms with Gasteiger partial charge in [-0.05, 0) is 0 Å². The maximum atomic E-state index is 9.19. The minimum atomic E-state index is 0. The number of aliphatic hydroxyl groups is 1. The molecule has 3 aromatic rings. The summed E-state index contributed by atoms with van der Waals surface area (Å²) >= 11 is 0. The van der Waals surface area contributed by atoms with Crippen LogP contribution in [0, 0.1) is 6.07 Å². The summed E-state index contributed by atoms with van der Waals surface area (Å²) in [5, 5.41) is 11.3. The number of hydrogen-bond acceptors (Lipinski definition) is 2. The molecule has 0 fully saturated rings. The SMILES string of the molecule is OCc1cccc2c1oc1c[c-]ccc12.[Na+]. The number of benzene rings is 2. The van der Waals surface area contributed by atoms with Crippen LogP contribution in [-0.4, -0.2) is 5.11 Å². The van der Waals surface area contributed by atoms with Crippen LogP contribution in [0.5, 0.6) is 0 Å². The van der Waals surface area contributed by atoms with E-state index in [0.717, 1.165) is 27.5 Å². The van der Waals surface area contributed by atoms with Crippen molar-refractivity contribution < 1.29 is 39.1 Å². The topological polar surface area (TPSA) is 33.4 Å². The molecule has 0 atom stereocenters. The molecule has 1 aromatic heterocycles. The second-order valence-electron chi connectivity index (χ2n) is 3.48. The van der Waals surface area contributed by atoms with Crippen molar-refractivity contribution in [2.75, 3.05) is 0 Å². The van der Waals surface area contributed by atoms with E-state index < -0.39 is 0 Å². The van der Waals surface area contributed by atoms with Gasteiger partial charge in [-0.2, -0.15) is 18.2 Å². The fraction of sp³-hybridized carbons (Fsp3) is 0.0769. The quantitative estimate of drug-likeness (QED) is 0.458. The van der Waals surface area contributed by atoms with Gasteiger partial charge in [0.25, 0.3) is 0 Å². The zero-order chi connectivity index (χ0) is 10.3. The van der Waals surface area contributed by atoms with E-state index >= 15 is 0 Å². The van der Waals surface area contributed by atoms with Gasteiger partial charge < -0.3 is 9.52 Å². The van der Waals surface area contributed by atoms with Crippen molar-refractivity contribution in [3.05, 3.63) is 48.0 Å². The van der Waals surface area contributed by atoms with Gasteiger partial charge in [0.05, 0.1) is 6.61 Å². The predicted octanol–water partition coefficient (Wildman–Crippen LogP) is -0.118. The molecule has 0 saturated heterocycles. The average molecular weight is 220 g/mol. The van der Waals surface area contributed by atoms with Gasteiger partial charge in [0.15, 0.2) is 0 Å². The van der Waals surface area contributed by atoms with Gasteiger partial charge in [0, 0.05) is 16.5 Å². The van der Waals surface area contributed by atoms with E-state index in [4.69, 9.17) is 4.42 Å². The first-order valence-corrected chi connectivity index (χ1v) is 4.81. The Morgan fingerprint density at radius 2 is 2.06 bits per heavy atom. The fourth-order valence-electron chi connectivity index (χ4n) is 1.87. The first-order chi connectivity index (χ1) is 7.40. The largest absolute Gasteiger partial charge is 1.00 e. The molecular weight excluding hydrogens is 211 g/mol. The molecule has 3 heteroatoms. The Labute approximate surface area is 115 Å². The summed E-state index contributed by atoms with van der Waals surface area (Å²) in [5.74, 6) is 0. The van der Waals surface area contributed by atoms with Crippen molar-refractivity contribution in [1.29, 1.82) is 0 Å². The van der Waals surface area contributed by atoms with Crippen LogP contribution in [0.25, 0.3) is 21.9 Å². The maximum absolute atomic E-state index is 9.19. The molecule has 0 amide bonds. The minimum absolute atomic E-state index is 0. The summed E-state index contributed by atoms with van der Waals surface area (Å²) in [6, 6.07) is 14.4. The van der Waals surface area contributed by atoms with E-state index in [1.54, 1.807) is 0 Å². The van der Waals surface area contributed by atoms with Gasteiger partial charge in [-0.25, -0.2) is 0 Å². The Hall–Kier alpha value is -0.800. The van der Waals surface area contributed by atoms with E-state index in [2.05, 4.69) is 6.07 Å². The van der Waals surface area contributed by atoms with E-state index in [9.17, 15) is 5.11 Å². The van der Waals surface area contributed by atoms with E-state index in [-0.39, 0.29) is 36.2 Å². The first kappa shape index (κ1) is 11.7. The van der Waals surface area contributed by atoms with Crippen LogP contribution in [0.4, 0.5) is 0 Å². The second-order valence-corrected chi connectivity index (χ2v) is 3.48. The zero-order valence-electron chi connectivity index (χ0n) is 9.03. The van der Waals surface area contributed by atoms with E-state index in [1.807, 2.05) is 36.4 Å². The molecule has 1 N–H and O–H groups in total. The van der Waals surface area contributed by atoms with Gasteiger partial charge in [-0.15, -0.1) is 6.07 Å². The van der Waals surface area contributed by atoms with Crippen LogP contribution in [0.2, 0.25) is 0 Å². The van der Waals surface area contributed by atoms with Gasteiger partial charge in [-0.3, -0.25) is 0 Å². The van der Waals surface area contributed by atoms with E-state index in [0.29, 0.717) is 0 Å². The number of rotatable bonds is 1. The van der Waals surface area contributed by atoms with Crippen molar-refractivity contribution in [3.63, 3.8) is 0 Å². The van der Waals surface area contributed by atoms with Crippen LogP contribution in [-0.2, 0) is 6.61 Å². The van der Waals surface area contributed by atoms with Gasteiger partial charge in [-0.1, -0.05) is 23.6 Å². The molecule has 0 spiro atoms. The number of aliphatic hydroxyl groups excluding tert-OH is 1. The number of fused-ring (bicyclic) bond motifs is 3. The third kappa shape index (κ3) is 1.68. The molecule has 16 heavy (non-hydrogen) atoms. The van der Waals surface area contributed by atoms with Crippen LogP contribution >= 0.6 is 0 Å². The molecular formula is C13H9NaO2. The molecule has 0 unspecified atom stereocenters. The second kappa shape index (κ2) is 4.60. The Kier molecular flexibility index (Phi) is 3.36. The summed E-state index contributed by atoms with van der Waals surface area (Å²) in [6.07, 6.45) is 0. The maximum Gasteiger partial charge on any atom is 1.00 e. The normalized spacial score (nSPS) is 10.6. The van der Waals surface area contributed by atoms with Crippen molar-refractivity contribution >= 4 is 21.9 Å². The molecule has 2 nitrogen and oxygen atoms in total. The van der Waals surface area contributed by atoms with Crippen molar-refractivity contribution in [1.82, 2.24) is 0 Å². The van der Waals surface area contributed by atoms with Crippen LogP contribution in [0.15, 0.2) is 40.8 Å². The smallest absolute Gasteiger partial charge is 0.515 e. The molecule has 0 aliphatic heterocycles. The minimum Gasteiger partial charge on any atom is -0.515 e. The molecule has 2 aromatic carbocycles.